The molecule has 1 amide bonds. The number of hydrogen-bond acceptors (Lipinski definition) is 4. The SMILES string of the molecule is COCCCNC(=O)C1CNc2ccccc2O1. The highest BCUT2D eigenvalue weighted by molar-refractivity contribution is 5.83. The highest BCUT2D eigenvalue weighted by Gasteiger charge is 2.24. The molecule has 0 saturated heterocycles. The Morgan fingerprint density at radius 2 is 2.39 bits per heavy atom. The van der Waals surface area contributed by atoms with E-state index in [1.807, 2.05) is 24.3 Å². The first-order valence-corrected chi connectivity index (χ1v) is 6.07. The molecule has 1 atom stereocenters. The van der Waals surface area contributed by atoms with E-state index in [4.69, 9.17) is 9.47 Å². The van der Waals surface area contributed by atoms with Crippen LogP contribution in [0.25, 0.3) is 0 Å². The lowest BCUT2D eigenvalue weighted by molar-refractivity contribution is -0.127. The summed E-state index contributed by atoms with van der Waals surface area (Å²) >= 11 is 0. The van der Waals surface area contributed by atoms with Gasteiger partial charge in [0.2, 0.25) is 0 Å². The number of nitrogens with one attached hydrogen (secondary N) is 2. The Bertz CT molecular complexity index is 409. The number of carbonyl (C=O) groups is 1. The molecule has 1 aliphatic rings. The summed E-state index contributed by atoms with van der Waals surface area (Å²) in [4.78, 5) is 11.9. The maximum Gasteiger partial charge on any atom is 0.262 e. The molecular weight excluding hydrogens is 232 g/mol. The van der Waals surface area contributed by atoms with Gasteiger partial charge in [0.1, 0.15) is 5.75 Å². The average Bonchev–Trinajstić information content (AvgIpc) is 2.43. The molecule has 0 aliphatic carbocycles. The van der Waals surface area contributed by atoms with Crippen molar-refractivity contribution in [3.05, 3.63) is 24.3 Å². The van der Waals surface area contributed by atoms with E-state index in [1.165, 1.54) is 0 Å². The van der Waals surface area contributed by atoms with Gasteiger partial charge in [-0.15, -0.1) is 0 Å². The minimum absolute atomic E-state index is 0.0897. The molecule has 18 heavy (non-hydrogen) atoms. The summed E-state index contributed by atoms with van der Waals surface area (Å²) in [6.45, 7) is 1.74. The second kappa shape index (κ2) is 6.26. The summed E-state index contributed by atoms with van der Waals surface area (Å²) in [7, 11) is 1.65. The number of amides is 1. The average molecular weight is 250 g/mol. The number of para-hydroxylation sites is 2. The molecule has 0 spiro atoms. The zero-order chi connectivity index (χ0) is 12.8. The molecule has 0 saturated carbocycles. The van der Waals surface area contributed by atoms with E-state index in [0.29, 0.717) is 19.7 Å². The predicted octanol–water partition coefficient (Wildman–Crippen LogP) is 1.01. The van der Waals surface area contributed by atoms with Crippen LogP contribution in [0.4, 0.5) is 5.69 Å². The predicted molar refractivity (Wildman–Crippen MR) is 68.9 cm³/mol. The van der Waals surface area contributed by atoms with Gasteiger partial charge in [0.25, 0.3) is 5.91 Å². The van der Waals surface area contributed by atoms with Crippen molar-refractivity contribution in [2.24, 2.45) is 0 Å². The van der Waals surface area contributed by atoms with E-state index in [1.54, 1.807) is 7.11 Å². The molecule has 2 N–H and O–H groups in total. The quantitative estimate of drug-likeness (QED) is 0.766. The highest BCUT2D eigenvalue weighted by atomic mass is 16.5. The number of rotatable bonds is 5. The van der Waals surface area contributed by atoms with Crippen molar-refractivity contribution in [1.82, 2.24) is 5.32 Å². The standard InChI is InChI=1S/C13H18N2O3/c1-17-8-4-7-14-13(16)12-9-15-10-5-2-3-6-11(10)18-12/h2-3,5-6,12,15H,4,7-9H2,1H3,(H,14,16). The Balaban J connectivity index is 1.83. The minimum Gasteiger partial charge on any atom is -0.477 e. The van der Waals surface area contributed by atoms with Crippen molar-refractivity contribution in [2.75, 3.05) is 32.1 Å². The van der Waals surface area contributed by atoms with Crippen molar-refractivity contribution in [2.45, 2.75) is 12.5 Å². The minimum atomic E-state index is -0.470. The van der Waals surface area contributed by atoms with E-state index in [2.05, 4.69) is 10.6 Å². The van der Waals surface area contributed by atoms with E-state index < -0.39 is 6.10 Å². The fourth-order valence-electron chi connectivity index (χ4n) is 1.80. The third-order valence-electron chi connectivity index (χ3n) is 2.75. The summed E-state index contributed by atoms with van der Waals surface area (Å²) in [5.41, 5.74) is 0.931. The van der Waals surface area contributed by atoms with Crippen LogP contribution in [0, 0.1) is 0 Å². The third-order valence-corrected chi connectivity index (χ3v) is 2.75. The number of carbonyl (C=O) groups excluding carboxylic acids is 1. The van der Waals surface area contributed by atoms with Crippen LogP contribution in [0.5, 0.6) is 5.75 Å². The largest absolute Gasteiger partial charge is 0.477 e. The van der Waals surface area contributed by atoms with Gasteiger partial charge in [-0.2, -0.15) is 0 Å². The van der Waals surface area contributed by atoms with Crippen LogP contribution in [-0.2, 0) is 9.53 Å². The fraction of sp³-hybridized carbons (Fsp3) is 0.462. The second-order valence-corrected chi connectivity index (χ2v) is 4.12. The van der Waals surface area contributed by atoms with Gasteiger partial charge in [0.05, 0.1) is 12.2 Å². The second-order valence-electron chi connectivity index (χ2n) is 4.12. The molecule has 98 valence electrons. The van der Waals surface area contributed by atoms with Crippen LogP contribution in [0.1, 0.15) is 6.42 Å². The Hall–Kier alpha value is -1.75. The molecule has 0 radical (unpaired) electrons. The Morgan fingerprint density at radius 1 is 1.56 bits per heavy atom. The summed E-state index contributed by atoms with van der Waals surface area (Å²) in [5, 5.41) is 6.02. The Morgan fingerprint density at radius 3 is 3.22 bits per heavy atom. The molecule has 0 aromatic heterocycles. The van der Waals surface area contributed by atoms with E-state index in [0.717, 1.165) is 17.9 Å². The van der Waals surface area contributed by atoms with E-state index in [-0.39, 0.29) is 5.91 Å². The molecular formula is C13H18N2O3. The summed E-state index contributed by atoms with van der Waals surface area (Å²) < 4.78 is 10.6. The fourth-order valence-corrected chi connectivity index (χ4v) is 1.80. The highest BCUT2D eigenvalue weighted by Crippen LogP contribution is 2.27. The monoisotopic (exact) mass is 250 g/mol. The van der Waals surface area contributed by atoms with Crippen molar-refractivity contribution in [3.8, 4) is 5.75 Å². The van der Waals surface area contributed by atoms with Gasteiger partial charge in [-0.05, 0) is 18.6 Å². The topological polar surface area (TPSA) is 59.6 Å². The Labute approximate surface area is 106 Å². The molecule has 1 aliphatic heterocycles. The first-order chi connectivity index (χ1) is 8.81. The molecule has 1 unspecified atom stereocenters. The number of anilines is 1. The van der Waals surface area contributed by atoms with Crippen molar-refractivity contribution >= 4 is 11.6 Å². The summed E-state index contributed by atoms with van der Waals surface area (Å²) in [6, 6.07) is 7.61. The van der Waals surface area contributed by atoms with Gasteiger partial charge in [-0.1, -0.05) is 12.1 Å². The van der Waals surface area contributed by atoms with Crippen LogP contribution in [0.2, 0.25) is 0 Å². The van der Waals surface area contributed by atoms with Crippen molar-refractivity contribution in [1.29, 1.82) is 0 Å². The van der Waals surface area contributed by atoms with Gasteiger partial charge in [-0.25, -0.2) is 0 Å². The van der Waals surface area contributed by atoms with E-state index in [9.17, 15) is 4.79 Å². The molecule has 0 fully saturated rings. The lowest BCUT2D eigenvalue weighted by Crippen LogP contribution is -2.45. The number of hydrogen-bond donors (Lipinski definition) is 2. The number of methoxy groups -OCH3 is 1. The maximum atomic E-state index is 11.9. The molecule has 2 rings (SSSR count). The summed E-state index contributed by atoms with van der Waals surface area (Å²) in [5.74, 6) is 0.633. The first-order valence-electron chi connectivity index (χ1n) is 6.07. The van der Waals surface area contributed by atoms with Crippen LogP contribution < -0.4 is 15.4 Å². The molecule has 5 nitrogen and oxygen atoms in total. The number of ether oxygens (including phenoxy) is 2. The first kappa shape index (κ1) is 12.7. The van der Waals surface area contributed by atoms with Crippen LogP contribution in [0.3, 0.4) is 0 Å². The number of benzene rings is 1. The lowest BCUT2D eigenvalue weighted by atomic mass is 10.2. The molecule has 1 aromatic rings. The van der Waals surface area contributed by atoms with Gasteiger partial charge in [-0.3, -0.25) is 4.79 Å². The van der Waals surface area contributed by atoms with Crippen LogP contribution in [0.15, 0.2) is 24.3 Å². The Kier molecular flexibility index (Phi) is 4.41. The smallest absolute Gasteiger partial charge is 0.262 e. The maximum absolute atomic E-state index is 11.9. The van der Waals surface area contributed by atoms with Gasteiger partial charge in [0, 0.05) is 20.3 Å². The van der Waals surface area contributed by atoms with E-state index >= 15 is 0 Å². The normalized spacial score (nSPS) is 17.3. The van der Waals surface area contributed by atoms with Crippen molar-refractivity contribution in [3.63, 3.8) is 0 Å². The summed E-state index contributed by atoms with van der Waals surface area (Å²) in [6.07, 6.45) is 0.335. The van der Waals surface area contributed by atoms with Crippen LogP contribution in [-0.4, -0.2) is 38.8 Å². The lowest BCUT2D eigenvalue weighted by Gasteiger charge is -2.26. The van der Waals surface area contributed by atoms with Gasteiger partial charge < -0.3 is 20.1 Å². The molecule has 0 bridgehead atoms. The molecule has 1 aromatic carbocycles. The van der Waals surface area contributed by atoms with Crippen LogP contribution >= 0.6 is 0 Å². The zero-order valence-electron chi connectivity index (χ0n) is 10.4. The zero-order valence-corrected chi connectivity index (χ0v) is 10.4. The molecule has 5 heteroatoms. The number of fused-ring (bicyclic) bond motifs is 1. The molecule has 1 heterocycles. The third kappa shape index (κ3) is 3.13. The van der Waals surface area contributed by atoms with Gasteiger partial charge >= 0.3 is 0 Å². The van der Waals surface area contributed by atoms with Crippen molar-refractivity contribution < 1.29 is 14.3 Å². The van der Waals surface area contributed by atoms with Gasteiger partial charge in [0.15, 0.2) is 6.10 Å².